The molecule has 4 rings (SSSR count). The minimum absolute atomic E-state index is 0.0760. The first-order chi connectivity index (χ1) is 13.1. The quantitative estimate of drug-likeness (QED) is 0.533. The number of carbonyl (C=O) groups excluding carboxylic acids is 1. The highest BCUT2D eigenvalue weighted by Crippen LogP contribution is 2.34. The fourth-order valence-corrected chi connectivity index (χ4v) is 4.82. The Morgan fingerprint density at radius 2 is 1.93 bits per heavy atom. The molecular formula is C20H17N3O2S2. The van der Waals surface area contributed by atoms with E-state index in [0.717, 1.165) is 20.8 Å². The van der Waals surface area contributed by atoms with Crippen LogP contribution in [0.5, 0.6) is 0 Å². The van der Waals surface area contributed by atoms with E-state index in [-0.39, 0.29) is 17.9 Å². The van der Waals surface area contributed by atoms with Gasteiger partial charge < -0.3 is 5.73 Å². The SMILES string of the molecule is NC(=O)CCCn1c(-c2ccccc2)nc2scc(-c3cccs3)c2c1=O. The molecule has 3 aromatic heterocycles. The van der Waals surface area contributed by atoms with Crippen LogP contribution in [0, 0.1) is 0 Å². The summed E-state index contributed by atoms with van der Waals surface area (Å²) >= 11 is 3.08. The molecule has 3 heterocycles. The van der Waals surface area contributed by atoms with Crippen LogP contribution in [-0.2, 0) is 11.3 Å². The van der Waals surface area contributed by atoms with Gasteiger partial charge >= 0.3 is 0 Å². The highest BCUT2D eigenvalue weighted by atomic mass is 32.1. The predicted octanol–water partition coefficient (Wildman–Crippen LogP) is 4.12. The summed E-state index contributed by atoms with van der Waals surface area (Å²) < 4.78 is 1.67. The topological polar surface area (TPSA) is 78.0 Å². The Labute approximate surface area is 163 Å². The lowest BCUT2D eigenvalue weighted by atomic mass is 10.1. The minimum Gasteiger partial charge on any atom is -0.370 e. The van der Waals surface area contributed by atoms with Crippen molar-refractivity contribution in [2.24, 2.45) is 5.73 Å². The van der Waals surface area contributed by atoms with Gasteiger partial charge in [0.2, 0.25) is 5.91 Å². The van der Waals surface area contributed by atoms with Gasteiger partial charge in [-0.1, -0.05) is 36.4 Å². The Morgan fingerprint density at radius 1 is 1.11 bits per heavy atom. The fourth-order valence-electron chi connectivity index (χ4n) is 3.06. The third kappa shape index (κ3) is 3.43. The molecule has 4 aromatic rings. The van der Waals surface area contributed by atoms with Gasteiger partial charge in [0.25, 0.3) is 5.56 Å². The zero-order chi connectivity index (χ0) is 18.8. The second-order valence-electron chi connectivity index (χ2n) is 6.13. The molecule has 7 heteroatoms. The van der Waals surface area contributed by atoms with E-state index in [9.17, 15) is 9.59 Å². The molecule has 0 radical (unpaired) electrons. The average Bonchev–Trinajstić information content (AvgIpc) is 3.33. The lowest BCUT2D eigenvalue weighted by Crippen LogP contribution is -2.24. The van der Waals surface area contributed by atoms with Crippen molar-refractivity contribution in [3.8, 4) is 21.8 Å². The van der Waals surface area contributed by atoms with Crippen LogP contribution < -0.4 is 11.3 Å². The molecule has 1 amide bonds. The van der Waals surface area contributed by atoms with Crippen molar-refractivity contribution in [3.05, 3.63) is 63.6 Å². The van der Waals surface area contributed by atoms with Crippen molar-refractivity contribution in [1.82, 2.24) is 9.55 Å². The van der Waals surface area contributed by atoms with E-state index in [4.69, 9.17) is 10.7 Å². The number of fused-ring (bicyclic) bond motifs is 1. The number of rotatable bonds is 6. The van der Waals surface area contributed by atoms with Crippen molar-refractivity contribution in [3.63, 3.8) is 0 Å². The molecule has 0 unspecified atom stereocenters. The van der Waals surface area contributed by atoms with Crippen LogP contribution in [0.2, 0.25) is 0 Å². The molecule has 0 saturated heterocycles. The summed E-state index contributed by atoms with van der Waals surface area (Å²) in [6, 6.07) is 13.6. The lowest BCUT2D eigenvalue weighted by molar-refractivity contribution is -0.118. The van der Waals surface area contributed by atoms with Gasteiger partial charge in [0.15, 0.2) is 0 Å². The molecule has 0 aliphatic rings. The van der Waals surface area contributed by atoms with E-state index in [1.54, 1.807) is 15.9 Å². The molecule has 0 atom stereocenters. The van der Waals surface area contributed by atoms with E-state index >= 15 is 0 Å². The molecular weight excluding hydrogens is 378 g/mol. The van der Waals surface area contributed by atoms with Crippen LogP contribution >= 0.6 is 22.7 Å². The van der Waals surface area contributed by atoms with Crippen molar-refractivity contribution in [2.45, 2.75) is 19.4 Å². The molecule has 27 heavy (non-hydrogen) atoms. The summed E-state index contributed by atoms with van der Waals surface area (Å²) in [5.74, 6) is 0.255. The van der Waals surface area contributed by atoms with Crippen LogP contribution in [0.15, 0.2) is 58.0 Å². The second kappa shape index (κ2) is 7.46. The number of amides is 1. The minimum atomic E-state index is -0.367. The number of aromatic nitrogens is 2. The summed E-state index contributed by atoms with van der Waals surface area (Å²) in [5.41, 5.74) is 6.99. The zero-order valence-corrected chi connectivity index (χ0v) is 16.1. The van der Waals surface area contributed by atoms with Gasteiger partial charge in [0.05, 0.1) is 5.39 Å². The maximum atomic E-state index is 13.4. The Kier molecular flexibility index (Phi) is 4.87. The number of primary amides is 1. The predicted molar refractivity (Wildman–Crippen MR) is 111 cm³/mol. The maximum Gasteiger partial charge on any atom is 0.263 e. The molecule has 0 aliphatic carbocycles. The molecule has 5 nitrogen and oxygen atoms in total. The van der Waals surface area contributed by atoms with Gasteiger partial charge in [-0.2, -0.15) is 0 Å². The molecule has 0 aliphatic heterocycles. The van der Waals surface area contributed by atoms with E-state index in [2.05, 4.69) is 0 Å². The van der Waals surface area contributed by atoms with Gasteiger partial charge in [-0.15, -0.1) is 22.7 Å². The first-order valence-corrected chi connectivity index (χ1v) is 10.3. The maximum absolute atomic E-state index is 13.4. The van der Waals surface area contributed by atoms with Gasteiger partial charge in [-0.25, -0.2) is 4.98 Å². The van der Waals surface area contributed by atoms with Gasteiger partial charge in [0, 0.05) is 34.3 Å². The molecule has 1 aromatic carbocycles. The standard InChI is InChI=1S/C20H17N3O2S2/c21-16(24)9-4-10-23-18(13-6-2-1-3-7-13)22-19-17(20(23)25)14(12-27-19)15-8-5-11-26-15/h1-3,5-8,11-12H,4,9-10H2,(H2,21,24). The Balaban J connectivity index is 1.91. The number of hydrogen-bond acceptors (Lipinski definition) is 5. The number of thiophene rings is 2. The van der Waals surface area contributed by atoms with E-state index in [1.807, 2.05) is 53.2 Å². The van der Waals surface area contributed by atoms with Crippen molar-refractivity contribution in [1.29, 1.82) is 0 Å². The highest BCUT2D eigenvalue weighted by Gasteiger charge is 2.18. The summed E-state index contributed by atoms with van der Waals surface area (Å²) in [4.78, 5) is 31.1. The van der Waals surface area contributed by atoms with Crippen LogP contribution in [0.25, 0.3) is 32.0 Å². The summed E-state index contributed by atoms with van der Waals surface area (Å²) in [6.07, 6.45) is 0.737. The number of hydrogen-bond donors (Lipinski definition) is 1. The first-order valence-electron chi connectivity index (χ1n) is 8.55. The Morgan fingerprint density at radius 3 is 2.63 bits per heavy atom. The molecule has 2 N–H and O–H groups in total. The van der Waals surface area contributed by atoms with Gasteiger partial charge in [-0.05, 0) is 17.9 Å². The molecule has 0 fully saturated rings. The summed E-state index contributed by atoms with van der Waals surface area (Å²) in [7, 11) is 0. The number of benzene rings is 1. The third-order valence-electron chi connectivity index (χ3n) is 4.32. The molecule has 0 spiro atoms. The number of nitrogens with zero attached hydrogens (tertiary/aromatic N) is 2. The Hall–Kier alpha value is -2.77. The van der Waals surface area contributed by atoms with E-state index < -0.39 is 0 Å². The summed E-state index contributed by atoms with van der Waals surface area (Å²) in [5, 5.41) is 4.63. The lowest BCUT2D eigenvalue weighted by Gasteiger charge is -2.12. The third-order valence-corrected chi connectivity index (χ3v) is 6.09. The molecule has 136 valence electrons. The smallest absolute Gasteiger partial charge is 0.263 e. The van der Waals surface area contributed by atoms with Crippen LogP contribution in [0.3, 0.4) is 0 Å². The van der Waals surface area contributed by atoms with E-state index in [0.29, 0.717) is 24.2 Å². The number of carbonyl (C=O) groups is 1. The van der Waals surface area contributed by atoms with Crippen molar-refractivity contribution < 1.29 is 4.79 Å². The van der Waals surface area contributed by atoms with E-state index in [1.165, 1.54) is 11.3 Å². The Bertz CT molecular complexity index is 1150. The summed E-state index contributed by atoms with van der Waals surface area (Å²) in [6.45, 7) is 0.397. The largest absolute Gasteiger partial charge is 0.370 e. The van der Waals surface area contributed by atoms with Gasteiger partial charge in [-0.3, -0.25) is 14.2 Å². The van der Waals surface area contributed by atoms with Crippen LogP contribution in [0.1, 0.15) is 12.8 Å². The normalized spacial score (nSPS) is 11.1. The monoisotopic (exact) mass is 395 g/mol. The van der Waals surface area contributed by atoms with Gasteiger partial charge in [0.1, 0.15) is 10.7 Å². The molecule has 0 saturated carbocycles. The fraction of sp³-hybridized carbons (Fsp3) is 0.150. The zero-order valence-electron chi connectivity index (χ0n) is 14.4. The highest BCUT2D eigenvalue weighted by molar-refractivity contribution is 7.18. The average molecular weight is 396 g/mol. The number of nitrogens with two attached hydrogens (primary N) is 1. The van der Waals surface area contributed by atoms with Crippen LogP contribution in [0.4, 0.5) is 0 Å². The first kappa shape index (κ1) is 17.6. The molecule has 0 bridgehead atoms. The second-order valence-corrected chi connectivity index (χ2v) is 7.94. The van der Waals surface area contributed by atoms with Crippen LogP contribution in [-0.4, -0.2) is 15.5 Å². The van der Waals surface area contributed by atoms with Crippen molar-refractivity contribution in [2.75, 3.05) is 0 Å². The van der Waals surface area contributed by atoms with Crippen molar-refractivity contribution >= 4 is 38.8 Å².